The lowest BCUT2D eigenvalue weighted by Gasteiger charge is -2.24. The molecule has 0 saturated carbocycles. The number of nitrogens with one attached hydrogen (secondary N) is 1. The van der Waals surface area contributed by atoms with Crippen molar-refractivity contribution in [2.45, 2.75) is 53.5 Å². The van der Waals surface area contributed by atoms with Gasteiger partial charge in [0.15, 0.2) is 0 Å². The molecule has 0 aromatic carbocycles. The Labute approximate surface area is 131 Å². The molecular weight excluding hydrogens is 290 g/mol. The van der Waals surface area contributed by atoms with Crippen molar-refractivity contribution in [3.63, 3.8) is 0 Å². The van der Waals surface area contributed by atoms with Crippen LogP contribution in [0.25, 0.3) is 0 Å². The van der Waals surface area contributed by atoms with Crippen molar-refractivity contribution in [1.82, 2.24) is 5.32 Å². The van der Waals surface area contributed by atoms with Crippen LogP contribution in [-0.4, -0.2) is 46.2 Å². The van der Waals surface area contributed by atoms with E-state index in [1.54, 1.807) is 25.6 Å². The first kappa shape index (κ1) is 20.2. The number of carbonyl (C=O) groups is 2. The normalized spacial score (nSPS) is 13.8. The third-order valence-corrected chi connectivity index (χ3v) is 4.18. The third kappa shape index (κ3) is 8.98. The van der Waals surface area contributed by atoms with Gasteiger partial charge in [-0.1, -0.05) is 20.8 Å². The SMILES string of the molecule is CC(C)(C)CCSCC[C@@H](NC(=O)C(C)(C)CO)C(=O)O. The van der Waals surface area contributed by atoms with Crippen LogP contribution in [0.2, 0.25) is 0 Å². The number of hydrogen-bond acceptors (Lipinski definition) is 4. The molecule has 0 aliphatic rings. The average Bonchev–Trinajstić information content (AvgIpc) is 2.35. The zero-order valence-electron chi connectivity index (χ0n) is 13.7. The maximum Gasteiger partial charge on any atom is 0.326 e. The average molecular weight is 319 g/mol. The Morgan fingerprint density at radius 3 is 2.14 bits per heavy atom. The predicted octanol–water partition coefficient (Wildman–Crippen LogP) is 2.13. The minimum Gasteiger partial charge on any atom is -0.480 e. The maximum atomic E-state index is 11.9. The van der Waals surface area contributed by atoms with Gasteiger partial charge in [0.05, 0.1) is 12.0 Å². The van der Waals surface area contributed by atoms with Gasteiger partial charge in [-0.05, 0) is 43.6 Å². The number of aliphatic carboxylic acids is 1. The van der Waals surface area contributed by atoms with Gasteiger partial charge in [-0.25, -0.2) is 4.79 Å². The molecule has 0 aliphatic heterocycles. The molecule has 1 atom stereocenters. The molecule has 0 spiro atoms. The summed E-state index contributed by atoms with van der Waals surface area (Å²) >= 11 is 1.70. The van der Waals surface area contributed by atoms with Crippen LogP contribution in [-0.2, 0) is 9.59 Å². The largest absolute Gasteiger partial charge is 0.480 e. The molecule has 0 aromatic heterocycles. The number of hydrogen-bond donors (Lipinski definition) is 3. The summed E-state index contributed by atoms with van der Waals surface area (Å²) in [6.07, 6.45) is 1.46. The van der Waals surface area contributed by atoms with E-state index in [4.69, 9.17) is 10.2 Å². The van der Waals surface area contributed by atoms with Gasteiger partial charge in [0, 0.05) is 0 Å². The summed E-state index contributed by atoms with van der Waals surface area (Å²) in [5, 5.41) is 20.8. The van der Waals surface area contributed by atoms with Crippen LogP contribution < -0.4 is 5.32 Å². The van der Waals surface area contributed by atoms with Crippen LogP contribution in [0.5, 0.6) is 0 Å². The Balaban J connectivity index is 4.22. The van der Waals surface area contributed by atoms with Crippen molar-refractivity contribution in [1.29, 1.82) is 0 Å². The van der Waals surface area contributed by atoms with Gasteiger partial charge in [-0.3, -0.25) is 4.79 Å². The van der Waals surface area contributed by atoms with E-state index >= 15 is 0 Å². The summed E-state index contributed by atoms with van der Waals surface area (Å²) in [6.45, 7) is 9.37. The zero-order valence-corrected chi connectivity index (χ0v) is 14.5. The first-order valence-corrected chi connectivity index (χ1v) is 8.37. The lowest BCUT2D eigenvalue weighted by atomic mass is 9.93. The topological polar surface area (TPSA) is 86.6 Å². The van der Waals surface area contributed by atoms with Crippen LogP contribution in [0.15, 0.2) is 0 Å². The fraction of sp³-hybridized carbons (Fsp3) is 0.867. The van der Waals surface area contributed by atoms with E-state index in [0.717, 1.165) is 12.2 Å². The quantitative estimate of drug-likeness (QED) is 0.567. The molecule has 0 bridgehead atoms. The number of carbonyl (C=O) groups excluding carboxylic acids is 1. The highest BCUT2D eigenvalue weighted by Crippen LogP contribution is 2.22. The molecule has 1 amide bonds. The first-order valence-electron chi connectivity index (χ1n) is 7.22. The predicted molar refractivity (Wildman–Crippen MR) is 86.4 cm³/mol. The summed E-state index contributed by atoms with van der Waals surface area (Å²) in [7, 11) is 0. The Hall–Kier alpha value is -0.750. The minimum absolute atomic E-state index is 0.276. The molecule has 124 valence electrons. The van der Waals surface area contributed by atoms with Crippen LogP contribution in [0, 0.1) is 10.8 Å². The number of aliphatic hydroxyl groups is 1. The molecule has 5 nitrogen and oxygen atoms in total. The van der Waals surface area contributed by atoms with Gasteiger partial charge < -0.3 is 15.5 Å². The number of rotatable bonds is 9. The van der Waals surface area contributed by atoms with E-state index in [2.05, 4.69) is 26.1 Å². The summed E-state index contributed by atoms with van der Waals surface area (Å²) in [4.78, 5) is 23.1. The summed E-state index contributed by atoms with van der Waals surface area (Å²) in [5.74, 6) is 0.198. The van der Waals surface area contributed by atoms with Crippen molar-refractivity contribution >= 4 is 23.6 Å². The van der Waals surface area contributed by atoms with E-state index in [1.807, 2.05) is 0 Å². The number of carboxylic acids is 1. The van der Waals surface area contributed by atoms with Crippen molar-refractivity contribution in [2.75, 3.05) is 18.1 Å². The molecule has 21 heavy (non-hydrogen) atoms. The lowest BCUT2D eigenvalue weighted by molar-refractivity contribution is -0.144. The molecule has 6 heteroatoms. The number of amides is 1. The second-order valence-electron chi connectivity index (χ2n) is 7.12. The second kappa shape index (κ2) is 8.63. The van der Waals surface area contributed by atoms with Gasteiger partial charge >= 0.3 is 5.97 Å². The Morgan fingerprint density at radius 1 is 1.14 bits per heavy atom. The van der Waals surface area contributed by atoms with Gasteiger partial charge in [0.1, 0.15) is 6.04 Å². The van der Waals surface area contributed by atoms with Crippen LogP contribution >= 0.6 is 11.8 Å². The lowest BCUT2D eigenvalue weighted by Crippen LogP contribution is -2.48. The highest BCUT2D eigenvalue weighted by Gasteiger charge is 2.30. The van der Waals surface area contributed by atoms with Gasteiger partial charge in [-0.2, -0.15) is 11.8 Å². The van der Waals surface area contributed by atoms with Crippen molar-refractivity contribution < 1.29 is 19.8 Å². The smallest absolute Gasteiger partial charge is 0.326 e. The summed E-state index contributed by atoms with van der Waals surface area (Å²) in [5.41, 5.74) is -0.689. The van der Waals surface area contributed by atoms with E-state index in [1.165, 1.54) is 0 Å². The highest BCUT2D eigenvalue weighted by atomic mass is 32.2. The summed E-state index contributed by atoms with van der Waals surface area (Å²) in [6, 6.07) is -0.898. The molecule has 0 heterocycles. The monoisotopic (exact) mass is 319 g/mol. The molecular formula is C15H29NO4S. The first-order chi connectivity index (χ1) is 9.49. The molecule has 0 rings (SSSR count). The van der Waals surface area contributed by atoms with E-state index in [-0.39, 0.29) is 12.0 Å². The number of thioether (sulfide) groups is 1. The number of aliphatic hydroxyl groups excluding tert-OH is 1. The van der Waals surface area contributed by atoms with E-state index in [0.29, 0.717) is 12.2 Å². The Kier molecular flexibility index (Phi) is 8.33. The third-order valence-electron chi connectivity index (χ3n) is 3.16. The Bertz CT molecular complexity index is 350. The zero-order chi connectivity index (χ0) is 16.7. The number of carboxylic acid groups (broad SMARTS) is 1. The second-order valence-corrected chi connectivity index (χ2v) is 8.34. The van der Waals surface area contributed by atoms with Gasteiger partial charge in [-0.15, -0.1) is 0 Å². The fourth-order valence-corrected chi connectivity index (χ4v) is 2.73. The molecule has 0 unspecified atom stereocenters. The van der Waals surface area contributed by atoms with Crippen molar-refractivity contribution in [3.05, 3.63) is 0 Å². The fourth-order valence-electron chi connectivity index (χ4n) is 1.36. The van der Waals surface area contributed by atoms with E-state index < -0.39 is 23.3 Å². The van der Waals surface area contributed by atoms with Gasteiger partial charge in [0.2, 0.25) is 5.91 Å². The molecule has 0 fully saturated rings. The van der Waals surface area contributed by atoms with E-state index in [9.17, 15) is 9.59 Å². The van der Waals surface area contributed by atoms with Crippen molar-refractivity contribution in [2.24, 2.45) is 10.8 Å². The Morgan fingerprint density at radius 2 is 1.71 bits per heavy atom. The highest BCUT2D eigenvalue weighted by molar-refractivity contribution is 7.99. The molecule has 0 aromatic rings. The maximum absolute atomic E-state index is 11.9. The minimum atomic E-state index is -1.03. The standard InChI is InChI=1S/C15H29NO4S/c1-14(2,3)7-9-21-8-6-11(12(18)19)16-13(20)15(4,5)10-17/h11,17H,6-10H2,1-5H3,(H,16,20)(H,18,19)/t11-/m1/s1. The molecule has 3 N–H and O–H groups in total. The van der Waals surface area contributed by atoms with Crippen molar-refractivity contribution in [3.8, 4) is 0 Å². The van der Waals surface area contributed by atoms with Gasteiger partial charge in [0.25, 0.3) is 0 Å². The van der Waals surface area contributed by atoms with Crippen LogP contribution in [0.3, 0.4) is 0 Å². The van der Waals surface area contributed by atoms with Crippen LogP contribution in [0.4, 0.5) is 0 Å². The van der Waals surface area contributed by atoms with Crippen LogP contribution in [0.1, 0.15) is 47.5 Å². The molecule has 0 saturated heterocycles. The molecule has 0 radical (unpaired) electrons. The summed E-state index contributed by atoms with van der Waals surface area (Å²) < 4.78 is 0. The molecule has 0 aliphatic carbocycles.